The third-order valence-electron chi connectivity index (χ3n) is 3.66. The Morgan fingerprint density at radius 2 is 2.29 bits per heavy atom. The van der Waals surface area contributed by atoms with E-state index in [0.29, 0.717) is 27.7 Å². The number of carbonyl (C=O) groups excluding carboxylic acids is 1. The van der Waals surface area contributed by atoms with Crippen molar-refractivity contribution in [3.63, 3.8) is 0 Å². The number of nitrogen functional groups attached to an aromatic ring is 1. The first-order valence-corrected chi connectivity index (χ1v) is 8.89. The Bertz CT molecular complexity index is 665. The average molecular weight is 324 g/mol. The van der Waals surface area contributed by atoms with E-state index in [-0.39, 0.29) is 11.7 Å². The topological polar surface area (TPSA) is 55.1 Å². The van der Waals surface area contributed by atoms with Gasteiger partial charge in [-0.25, -0.2) is 4.39 Å². The van der Waals surface area contributed by atoms with Gasteiger partial charge < -0.3 is 11.1 Å². The van der Waals surface area contributed by atoms with Gasteiger partial charge in [0.05, 0.1) is 5.69 Å². The number of nitrogens with two attached hydrogens (primary N) is 1. The van der Waals surface area contributed by atoms with E-state index in [4.69, 9.17) is 5.73 Å². The van der Waals surface area contributed by atoms with Crippen LogP contribution in [0.2, 0.25) is 0 Å². The number of rotatable bonds is 3. The number of thioether (sulfide) groups is 1. The highest BCUT2D eigenvalue weighted by Gasteiger charge is 2.19. The molecule has 1 saturated heterocycles. The minimum absolute atomic E-state index is 0.153. The van der Waals surface area contributed by atoms with Gasteiger partial charge in [-0.3, -0.25) is 4.79 Å². The molecule has 6 heteroatoms. The molecule has 0 radical (unpaired) electrons. The van der Waals surface area contributed by atoms with E-state index < -0.39 is 0 Å². The number of benzene rings is 1. The quantitative estimate of drug-likeness (QED) is 0.906. The number of thiophene rings is 1. The minimum Gasteiger partial charge on any atom is -0.397 e. The fourth-order valence-corrected chi connectivity index (χ4v) is 4.77. The molecule has 3 nitrogen and oxygen atoms in total. The van der Waals surface area contributed by atoms with Gasteiger partial charge in [-0.1, -0.05) is 6.42 Å². The van der Waals surface area contributed by atoms with Gasteiger partial charge in [0, 0.05) is 21.9 Å². The molecule has 1 amide bonds. The molecule has 1 aliphatic heterocycles. The fourth-order valence-electron chi connectivity index (χ4n) is 2.51. The van der Waals surface area contributed by atoms with Gasteiger partial charge in [0.2, 0.25) is 0 Å². The predicted molar refractivity (Wildman–Crippen MR) is 88.6 cm³/mol. The fraction of sp³-hybridized carbons (Fsp3) is 0.400. The molecule has 3 rings (SSSR count). The largest absolute Gasteiger partial charge is 0.397 e. The number of fused-ring (bicyclic) bond motifs is 1. The highest BCUT2D eigenvalue weighted by molar-refractivity contribution is 7.99. The van der Waals surface area contributed by atoms with E-state index in [1.807, 2.05) is 11.8 Å². The predicted octanol–water partition coefficient (Wildman–Crippen LogP) is 3.64. The van der Waals surface area contributed by atoms with Crippen LogP contribution in [-0.2, 0) is 0 Å². The first-order chi connectivity index (χ1) is 10.1. The standard InChI is InChI=1S/C15H17FN2OS2/c16-9-4-5-12-11(7-9)13(17)14(21-12)15(19)18-8-10-3-1-2-6-20-10/h4-5,7,10H,1-3,6,8,17H2,(H,18,19). The summed E-state index contributed by atoms with van der Waals surface area (Å²) < 4.78 is 14.1. The van der Waals surface area contributed by atoms with Crippen LogP contribution in [0.4, 0.5) is 10.1 Å². The highest BCUT2D eigenvalue weighted by atomic mass is 32.2. The SMILES string of the molecule is Nc1c(C(=O)NCC2CCCCS2)sc2ccc(F)cc12. The molecule has 1 aromatic heterocycles. The first kappa shape index (κ1) is 14.7. The molecule has 0 saturated carbocycles. The van der Waals surface area contributed by atoms with Crippen LogP contribution in [0, 0.1) is 5.82 Å². The smallest absolute Gasteiger partial charge is 0.263 e. The highest BCUT2D eigenvalue weighted by Crippen LogP contribution is 2.34. The lowest BCUT2D eigenvalue weighted by atomic mass is 10.2. The van der Waals surface area contributed by atoms with Gasteiger partial charge in [-0.15, -0.1) is 11.3 Å². The van der Waals surface area contributed by atoms with Crippen LogP contribution < -0.4 is 11.1 Å². The number of amides is 1. The molecule has 3 N–H and O–H groups in total. The zero-order valence-corrected chi connectivity index (χ0v) is 13.2. The van der Waals surface area contributed by atoms with Crippen molar-refractivity contribution in [2.75, 3.05) is 18.0 Å². The van der Waals surface area contributed by atoms with E-state index in [0.717, 1.165) is 11.1 Å². The summed E-state index contributed by atoms with van der Waals surface area (Å²) >= 11 is 3.24. The Labute approximate surface area is 131 Å². The van der Waals surface area contributed by atoms with E-state index in [2.05, 4.69) is 5.32 Å². The van der Waals surface area contributed by atoms with E-state index >= 15 is 0 Å². The summed E-state index contributed by atoms with van der Waals surface area (Å²) in [7, 11) is 0. The summed E-state index contributed by atoms with van der Waals surface area (Å²) in [6, 6.07) is 4.44. The summed E-state index contributed by atoms with van der Waals surface area (Å²) in [5.41, 5.74) is 6.37. The summed E-state index contributed by atoms with van der Waals surface area (Å²) in [4.78, 5) is 12.8. The normalized spacial score (nSPS) is 18.8. The molecule has 1 aliphatic rings. The van der Waals surface area contributed by atoms with Crippen molar-refractivity contribution >= 4 is 44.8 Å². The Morgan fingerprint density at radius 1 is 1.43 bits per heavy atom. The maximum Gasteiger partial charge on any atom is 0.263 e. The molecular formula is C15H17FN2OS2. The number of hydrogen-bond acceptors (Lipinski definition) is 4. The van der Waals surface area contributed by atoms with E-state index in [9.17, 15) is 9.18 Å². The van der Waals surface area contributed by atoms with Gasteiger partial charge >= 0.3 is 0 Å². The van der Waals surface area contributed by atoms with Crippen molar-refractivity contribution in [3.05, 3.63) is 28.9 Å². The van der Waals surface area contributed by atoms with Crippen LogP contribution in [0.5, 0.6) is 0 Å². The Morgan fingerprint density at radius 3 is 3.05 bits per heavy atom. The molecule has 2 heterocycles. The van der Waals surface area contributed by atoms with E-state index in [1.165, 1.54) is 42.1 Å². The molecule has 1 unspecified atom stereocenters. The second-order valence-corrected chi connectivity index (χ2v) is 7.64. The summed E-state index contributed by atoms with van der Waals surface area (Å²) in [6.45, 7) is 0.672. The Hall–Kier alpha value is -1.27. The Kier molecular flexibility index (Phi) is 4.35. The molecule has 2 aromatic rings. The van der Waals surface area contributed by atoms with Gasteiger partial charge in [0.1, 0.15) is 10.7 Å². The van der Waals surface area contributed by atoms with Crippen LogP contribution in [0.1, 0.15) is 28.9 Å². The molecular weight excluding hydrogens is 307 g/mol. The zero-order valence-electron chi connectivity index (χ0n) is 11.5. The summed E-state index contributed by atoms with van der Waals surface area (Å²) in [5, 5.41) is 4.08. The van der Waals surface area contributed by atoms with Crippen LogP contribution >= 0.6 is 23.1 Å². The second kappa shape index (κ2) is 6.23. The lowest BCUT2D eigenvalue weighted by Gasteiger charge is -2.21. The first-order valence-electron chi connectivity index (χ1n) is 7.02. The molecule has 0 bridgehead atoms. The van der Waals surface area contributed by atoms with Gasteiger partial charge in [-0.05, 0) is 36.8 Å². The lowest BCUT2D eigenvalue weighted by molar-refractivity contribution is 0.0958. The molecule has 1 atom stereocenters. The van der Waals surface area contributed by atoms with Crippen molar-refractivity contribution in [1.29, 1.82) is 0 Å². The maximum atomic E-state index is 13.3. The van der Waals surface area contributed by atoms with Gasteiger partial charge in [0.25, 0.3) is 5.91 Å². The van der Waals surface area contributed by atoms with Crippen LogP contribution in [-0.4, -0.2) is 23.5 Å². The van der Waals surface area contributed by atoms with Crippen molar-refractivity contribution in [2.45, 2.75) is 24.5 Å². The van der Waals surface area contributed by atoms with Crippen LogP contribution in [0.25, 0.3) is 10.1 Å². The number of hydrogen-bond donors (Lipinski definition) is 2. The third kappa shape index (κ3) is 3.16. The monoisotopic (exact) mass is 324 g/mol. The average Bonchev–Trinajstić information content (AvgIpc) is 2.83. The lowest BCUT2D eigenvalue weighted by Crippen LogP contribution is -2.31. The number of carbonyl (C=O) groups is 1. The molecule has 0 aliphatic carbocycles. The van der Waals surface area contributed by atoms with Crippen molar-refractivity contribution in [1.82, 2.24) is 5.32 Å². The van der Waals surface area contributed by atoms with Gasteiger partial charge in [-0.2, -0.15) is 11.8 Å². The van der Waals surface area contributed by atoms with Crippen molar-refractivity contribution in [3.8, 4) is 0 Å². The number of nitrogens with one attached hydrogen (secondary N) is 1. The summed E-state index contributed by atoms with van der Waals surface area (Å²) in [6.07, 6.45) is 3.65. The van der Waals surface area contributed by atoms with Crippen molar-refractivity contribution < 1.29 is 9.18 Å². The molecule has 0 spiro atoms. The zero-order chi connectivity index (χ0) is 14.8. The molecule has 1 aromatic carbocycles. The number of anilines is 1. The minimum atomic E-state index is -0.336. The van der Waals surface area contributed by atoms with Crippen LogP contribution in [0.15, 0.2) is 18.2 Å². The molecule has 1 fully saturated rings. The second-order valence-electron chi connectivity index (χ2n) is 5.18. The van der Waals surface area contributed by atoms with Crippen LogP contribution in [0.3, 0.4) is 0 Å². The summed E-state index contributed by atoms with van der Waals surface area (Å²) in [5.74, 6) is 0.683. The van der Waals surface area contributed by atoms with E-state index in [1.54, 1.807) is 6.07 Å². The number of halogens is 1. The molecule has 21 heavy (non-hydrogen) atoms. The third-order valence-corrected chi connectivity index (χ3v) is 6.24. The molecule has 112 valence electrons. The van der Waals surface area contributed by atoms with Gasteiger partial charge in [0.15, 0.2) is 0 Å². The maximum absolute atomic E-state index is 13.3. The Balaban J connectivity index is 1.73. The van der Waals surface area contributed by atoms with Crippen molar-refractivity contribution in [2.24, 2.45) is 0 Å².